The molecule has 1 aliphatic heterocycles. The zero-order valence-corrected chi connectivity index (χ0v) is 18.0. The van der Waals surface area contributed by atoms with Gasteiger partial charge in [-0.05, 0) is 66.4 Å². The van der Waals surface area contributed by atoms with Crippen molar-refractivity contribution in [1.82, 2.24) is 0 Å². The lowest BCUT2D eigenvalue weighted by molar-refractivity contribution is -0.149. The maximum absolute atomic E-state index is 13.4. The molecule has 2 fully saturated rings. The van der Waals surface area contributed by atoms with E-state index in [-0.39, 0.29) is 46.5 Å². The van der Waals surface area contributed by atoms with Crippen molar-refractivity contribution in [1.29, 1.82) is 0 Å². The van der Waals surface area contributed by atoms with Crippen molar-refractivity contribution in [2.75, 3.05) is 6.61 Å². The van der Waals surface area contributed by atoms with Crippen molar-refractivity contribution in [3.8, 4) is 0 Å². The van der Waals surface area contributed by atoms with E-state index in [4.69, 9.17) is 9.47 Å². The van der Waals surface area contributed by atoms with Gasteiger partial charge in [-0.1, -0.05) is 25.5 Å². The minimum absolute atomic E-state index is 0.00497. The van der Waals surface area contributed by atoms with Gasteiger partial charge >= 0.3 is 11.9 Å². The molecule has 30 heavy (non-hydrogen) atoms. The Labute approximate surface area is 177 Å². The van der Waals surface area contributed by atoms with Crippen LogP contribution in [-0.4, -0.2) is 30.4 Å². The van der Waals surface area contributed by atoms with Gasteiger partial charge in [0.1, 0.15) is 12.7 Å². The molecule has 0 saturated heterocycles. The molecule has 0 bridgehead atoms. The molecule has 160 valence electrons. The maximum atomic E-state index is 13.4. The van der Waals surface area contributed by atoms with E-state index in [1.165, 1.54) is 18.1 Å². The molecule has 0 amide bonds. The van der Waals surface area contributed by atoms with Crippen molar-refractivity contribution >= 4 is 17.7 Å². The van der Waals surface area contributed by atoms with Crippen LogP contribution in [0.25, 0.3) is 0 Å². The highest BCUT2D eigenvalue weighted by atomic mass is 16.5. The third kappa shape index (κ3) is 2.77. The molecule has 5 nitrogen and oxygen atoms in total. The molecular formula is C25H30O5. The Morgan fingerprint density at radius 1 is 1.10 bits per heavy atom. The molecule has 0 unspecified atom stereocenters. The molecule has 0 N–H and O–H groups in total. The number of ketones is 1. The summed E-state index contributed by atoms with van der Waals surface area (Å²) < 4.78 is 10.6. The number of cyclic esters (lactones) is 1. The fraction of sp³-hybridized carbons (Fsp3) is 0.640. The van der Waals surface area contributed by atoms with Crippen LogP contribution in [0.3, 0.4) is 0 Å². The Morgan fingerprint density at radius 2 is 1.87 bits per heavy atom. The van der Waals surface area contributed by atoms with Gasteiger partial charge in [0, 0.05) is 30.9 Å². The van der Waals surface area contributed by atoms with Gasteiger partial charge in [-0.2, -0.15) is 0 Å². The van der Waals surface area contributed by atoms with Crippen LogP contribution < -0.4 is 0 Å². The molecule has 5 rings (SSSR count). The lowest BCUT2D eigenvalue weighted by atomic mass is 9.47. The van der Waals surface area contributed by atoms with Gasteiger partial charge in [0.15, 0.2) is 5.78 Å². The van der Waals surface area contributed by atoms with Crippen molar-refractivity contribution in [2.45, 2.75) is 65.4 Å². The van der Waals surface area contributed by atoms with E-state index in [2.05, 4.69) is 19.9 Å². The largest absolute Gasteiger partial charge is 0.462 e. The highest BCUT2D eigenvalue weighted by Crippen LogP contribution is 2.65. The van der Waals surface area contributed by atoms with E-state index < -0.39 is 0 Å². The van der Waals surface area contributed by atoms with Crippen LogP contribution in [0.5, 0.6) is 0 Å². The number of hydrogen-bond donors (Lipinski definition) is 0. The van der Waals surface area contributed by atoms with Crippen LogP contribution in [0.4, 0.5) is 0 Å². The maximum Gasteiger partial charge on any atom is 0.331 e. The lowest BCUT2D eigenvalue weighted by Gasteiger charge is -2.57. The van der Waals surface area contributed by atoms with Crippen molar-refractivity contribution < 1.29 is 23.9 Å². The molecule has 0 aromatic carbocycles. The standard InChI is InChI=1S/C25H30O5/c1-14(26)30-17-6-8-24(2)16(11-17)12-21(27)23-19-5-4-18(15-10-22(28)29-13-15)25(19,3)9-7-20(23)24/h4,10,12,17,19-20,23H,5-9,11,13H2,1-3H3/t17-,19-,20-,23-,24-,25+/m0/s1. The van der Waals surface area contributed by atoms with Gasteiger partial charge in [-0.15, -0.1) is 0 Å². The molecule has 5 heteroatoms. The second-order valence-corrected chi connectivity index (χ2v) is 10.3. The summed E-state index contributed by atoms with van der Waals surface area (Å²) >= 11 is 0. The van der Waals surface area contributed by atoms with E-state index >= 15 is 0 Å². The quantitative estimate of drug-likeness (QED) is 0.642. The summed E-state index contributed by atoms with van der Waals surface area (Å²) in [5.41, 5.74) is 3.33. The molecule has 0 aromatic heterocycles. The molecule has 2 saturated carbocycles. The second-order valence-electron chi connectivity index (χ2n) is 10.3. The Hall–Kier alpha value is -2.17. The summed E-state index contributed by atoms with van der Waals surface area (Å²) in [6.45, 7) is 6.41. The summed E-state index contributed by atoms with van der Waals surface area (Å²) in [5.74, 6) is 0.376. The predicted octanol–water partition coefficient (Wildman–Crippen LogP) is 4.08. The van der Waals surface area contributed by atoms with Crippen molar-refractivity contribution in [3.05, 3.63) is 34.9 Å². The molecular weight excluding hydrogens is 380 g/mol. The minimum Gasteiger partial charge on any atom is -0.462 e. The second kappa shape index (κ2) is 6.66. The van der Waals surface area contributed by atoms with Crippen LogP contribution in [0.2, 0.25) is 0 Å². The Kier molecular flexibility index (Phi) is 4.39. The smallest absolute Gasteiger partial charge is 0.331 e. The van der Waals surface area contributed by atoms with E-state index in [0.29, 0.717) is 18.9 Å². The molecule has 4 aliphatic carbocycles. The third-order valence-electron chi connectivity index (χ3n) is 8.82. The number of hydrogen-bond acceptors (Lipinski definition) is 5. The van der Waals surface area contributed by atoms with Crippen LogP contribution in [-0.2, 0) is 23.9 Å². The molecule has 0 spiro atoms. The van der Waals surface area contributed by atoms with E-state index in [1.807, 2.05) is 6.08 Å². The number of carbonyl (C=O) groups excluding carboxylic acids is 3. The van der Waals surface area contributed by atoms with Gasteiger partial charge in [0.05, 0.1) is 0 Å². The first-order chi connectivity index (χ1) is 14.2. The van der Waals surface area contributed by atoms with Gasteiger partial charge in [0.2, 0.25) is 0 Å². The normalized spacial score (nSPS) is 42.3. The van der Waals surface area contributed by atoms with Crippen LogP contribution in [0.1, 0.15) is 59.3 Å². The van der Waals surface area contributed by atoms with Gasteiger partial charge in [-0.3, -0.25) is 9.59 Å². The van der Waals surface area contributed by atoms with Gasteiger partial charge in [0.25, 0.3) is 0 Å². The van der Waals surface area contributed by atoms with E-state index in [0.717, 1.165) is 37.7 Å². The zero-order chi connectivity index (χ0) is 21.3. The van der Waals surface area contributed by atoms with E-state index in [9.17, 15) is 14.4 Å². The third-order valence-corrected chi connectivity index (χ3v) is 8.82. The first-order valence-electron chi connectivity index (χ1n) is 11.2. The van der Waals surface area contributed by atoms with Gasteiger partial charge in [-0.25, -0.2) is 4.79 Å². The average molecular weight is 411 g/mol. The van der Waals surface area contributed by atoms with Crippen LogP contribution in [0.15, 0.2) is 34.9 Å². The number of fused-ring (bicyclic) bond motifs is 5. The summed E-state index contributed by atoms with van der Waals surface area (Å²) in [6, 6.07) is 0. The molecule has 5 aliphatic rings. The summed E-state index contributed by atoms with van der Waals surface area (Å²) in [4.78, 5) is 36.5. The molecule has 6 atom stereocenters. The summed E-state index contributed by atoms with van der Waals surface area (Å²) in [6.07, 6.45) is 11.1. The first kappa shape index (κ1) is 19.8. The van der Waals surface area contributed by atoms with Gasteiger partial charge < -0.3 is 9.47 Å². The fourth-order valence-corrected chi connectivity index (χ4v) is 7.31. The van der Waals surface area contributed by atoms with Crippen molar-refractivity contribution in [3.63, 3.8) is 0 Å². The molecule has 0 radical (unpaired) electrons. The first-order valence-corrected chi connectivity index (χ1v) is 11.2. The topological polar surface area (TPSA) is 69.7 Å². The zero-order valence-electron chi connectivity index (χ0n) is 18.0. The monoisotopic (exact) mass is 410 g/mol. The van der Waals surface area contributed by atoms with Crippen LogP contribution in [0, 0.1) is 28.6 Å². The molecule has 0 aromatic rings. The van der Waals surface area contributed by atoms with E-state index in [1.54, 1.807) is 6.08 Å². The number of esters is 2. The predicted molar refractivity (Wildman–Crippen MR) is 110 cm³/mol. The number of allylic oxidation sites excluding steroid dienone is 2. The minimum atomic E-state index is -0.259. The average Bonchev–Trinajstić information content (AvgIpc) is 3.25. The fourth-order valence-electron chi connectivity index (χ4n) is 7.31. The summed E-state index contributed by atoms with van der Waals surface area (Å²) in [5, 5.41) is 0. The van der Waals surface area contributed by atoms with Crippen molar-refractivity contribution in [2.24, 2.45) is 28.6 Å². The Morgan fingerprint density at radius 3 is 2.57 bits per heavy atom. The Bertz CT molecular complexity index is 924. The SMILES string of the molecule is CC(=O)O[C@H]1CC[C@@]2(C)C(=CC(=O)[C@@H]3[C@@H]2CC[C@]2(C)C(C4=CC(=O)OC4)=CC[C@@H]32)C1. The number of rotatable bonds is 2. The highest BCUT2D eigenvalue weighted by Gasteiger charge is 2.59. The Balaban J connectivity index is 1.44. The molecule has 1 heterocycles. The summed E-state index contributed by atoms with van der Waals surface area (Å²) in [7, 11) is 0. The lowest BCUT2D eigenvalue weighted by Crippen LogP contribution is -2.53. The van der Waals surface area contributed by atoms with Crippen LogP contribution >= 0.6 is 0 Å². The highest BCUT2D eigenvalue weighted by molar-refractivity contribution is 5.95. The number of ether oxygens (including phenoxy) is 2. The number of carbonyl (C=O) groups is 3.